The van der Waals surface area contributed by atoms with Crippen molar-refractivity contribution in [3.05, 3.63) is 132 Å². The standard InChI is InChI=1S/C26H23FN2/c27-26-17-8-7-15-25(26)24(22-12-5-2-6-13-22)16-9-14-23-18-28-20-29(23)19-21-10-3-1-4-11-21/h1-15,17-18,20,24H,16,19H2/b14-9+. The van der Waals surface area contributed by atoms with Crippen LogP contribution >= 0.6 is 0 Å². The van der Waals surface area contributed by atoms with Crippen LogP contribution in [0.25, 0.3) is 6.08 Å². The van der Waals surface area contributed by atoms with E-state index in [4.69, 9.17) is 0 Å². The van der Waals surface area contributed by atoms with Crippen LogP contribution in [0.3, 0.4) is 0 Å². The number of halogens is 1. The Labute approximate surface area is 171 Å². The third kappa shape index (κ3) is 4.69. The Morgan fingerprint density at radius 3 is 2.31 bits per heavy atom. The van der Waals surface area contributed by atoms with E-state index in [9.17, 15) is 4.39 Å². The molecule has 0 bridgehead atoms. The van der Waals surface area contributed by atoms with Gasteiger partial charge < -0.3 is 4.57 Å². The molecule has 1 atom stereocenters. The van der Waals surface area contributed by atoms with Crippen molar-refractivity contribution in [2.75, 3.05) is 0 Å². The number of allylic oxidation sites excluding steroid dienone is 1. The van der Waals surface area contributed by atoms with E-state index >= 15 is 0 Å². The summed E-state index contributed by atoms with van der Waals surface area (Å²) in [6.07, 6.45) is 8.61. The molecule has 0 fully saturated rings. The molecule has 0 aliphatic rings. The minimum atomic E-state index is -0.163. The van der Waals surface area contributed by atoms with E-state index in [-0.39, 0.29) is 11.7 Å². The third-order valence-electron chi connectivity index (χ3n) is 5.08. The summed E-state index contributed by atoms with van der Waals surface area (Å²) in [5.74, 6) is -0.192. The van der Waals surface area contributed by atoms with Crippen LogP contribution < -0.4 is 0 Å². The van der Waals surface area contributed by atoms with Crippen molar-refractivity contribution in [1.82, 2.24) is 9.55 Å². The minimum absolute atomic E-state index is 0.0286. The highest BCUT2D eigenvalue weighted by Crippen LogP contribution is 2.30. The molecule has 3 aromatic carbocycles. The van der Waals surface area contributed by atoms with Gasteiger partial charge in [-0.3, -0.25) is 0 Å². The van der Waals surface area contributed by atoms with Crippen LogP contribution in [-0.4, -0.2) is 9.55 Å². The zero-order chi connectivity index (χ0) is 19.9. The van der Waals surface area contributed by atoms with Gasteiger partial charge in [0.1, 0.15) is 5.82 Å². The highest BCUT2D eigenvalue weighted by atomic mass is 19.1. The molecule has 2 nitrogen and oxygen atoms in total. The van der Waals surface area contributed by atoms with Crippen molar-refractivity contribution < 1.29 is 4.39 Å². The Hall–Kier alpha value is -3.46. The van der Waals surface area contributed by atoms with Gasteiger partial charge in [-0.1, -0.05) is 84.9 Å². The highest BCUT2D eigenvalue weighted by Gasteiger charge is 2.16. The van der Waals surface area contributed by atoms with E-state index in [0.29, 0.717) is 6.42 Å². The van der Waals surface area contributed by atoms with Crippen molar-refractivity contribution in [2.45, 2.75) is 18.9 Å². The van der Waals surface area contributed by atoms with E-state index in [1.165, 1.54) is 11.6 Å². The Kier molecular flexibility index (Phi) is 5.96. The second-order valence-electron chi connectivity index (χ2n) is 7.05. The minimum Gasteiger partial charge on any atom is -0.327 e. The van der Waals surface area contributed by atoms with Gasteiger partial charge >= 0.3 is 0 Å². The molecule has 0 N–H and O–H groups in total. The molecule has 0 saturated heterocycles. The van der Waals surface area contributed by atoms with Crippen molar-refractivity contribution in [3.8, 4) is 0 Å². The number of benzene rings is 3. The molecule has 29 heavy (non-hydrogen) atoms. The summed E-state index contributed by atoms with van der Waals surface area (Å²) in [5, 5.41) is 0. The summed E-state index contributed by atoms with van der Waals surface area (Å²) < 4.78 is 16.6. The van der Waals surface area contributed by atoms with E-state index in [2.05, 4.69) is 46.0 Å². The first-order chi connectivity index (χ1) is 14.3. The van der Waals surface area contributed by atoms with Gasteiger partial charge in [0.05, 0.1) is 18.2 Å². The summed E-state index contributed by atoms with van der Waals surface area (Å²) in [6, 6.07) is 27.5. The summed E-state index contributed by atoms with van der Waals surface area (Å²) >= 11 is 0. The van der Waals surface area contributed by atoms with Crippen LogP contribution in [-0.2, 0) is 6.54 Å². The fourth-order valence-electron chi connectivity index (χ4n) is 3.59. The number of aromatic nitrogens is 2. The van der Waals surface area contributed by atoms with Gasteiger partial charge in [-0.25, -0.2) is 9.37 Å². The normalized spacial score (nSPS) is 12.3. The molecular weight excluding hydrogens is 359 g/mol. The highest BCUT2D eigenvalue weighted by molar-refractivity contribution is 5.45. The topological polar surface area (TPSA) is 17.8 Å². The maximum absolute atomic E-state index is 14.5. The predicted octanol–water partition coefficient (Wildman–Crippen LogP) is 6.31. The molecule has 1 aromatic heterocycles. The number of hydrogen-bond donors (Lipinski definition) is 0. The zero-order valence-corrected chi connectivity index (χ0v) is 16.2. The molecule has 0 aliphatic heterocycles. The molecule has 0 radical (unpaired) electrons. The first-order valence-corrected chi connectivity index (χ1v) is 9.81. The number of nitrogens with zero attached hydrogens (tertiary/aromatic N) is 2. The van der Waals surface area contributed by atoms with Gasteiger partial charge in [0.2, 0.25) is 0 Å². The van der Waals surface area contributed by atoms with Crippen molar-refractivity contribution in [1.29, 1.82) is 0 Å². The first-order valence-electron chi connectivity index (χ1n) is 9.81. The van der Waals surface area contributed by atoms with Crippen LogP contribution in [0.1, 0.15) is 34.7 Å². The van der Waals surface area contributed by atoms with Crippen LogP contribution in [0.5, 0.6) is 0 Å². The van der Waals surface area contributed by atoms with Crippen LogP contribution in [0.4, 0.5) is 4.39 Å². The summed E-state index contributed by atoms with van der Waals surface area (Å²) in [4.78, 5) is 4.30. The van der Waals surface area contributed by atoms with Gasteiger partial charge in [-0.2, -0.15) is 0 Å². The predicted molar refractivity (Wildman–Crippen MR) is 116 cm³/mol. The monoisotopic (exact) mass is 382 g/mol. The summed E-state index contributed by atoms with van der Waals surface area (Å²) in [5.41, 5.74) is 4.10. The zero-order valence-electron chi connectivity index (χ0n) is 16.2. The first kappa shape index (κ1) is 18.9. The number of imidazole rings is 1. The lowest BCUT2D eigenvalue weighted by Gasteiger charge is -2.17. The summed E-state index contributed by atoms with van der Waals surface area (Å²) in [7, 11) is 0. The van der Waals surface area contributed by atoms with E-state index < -0.39 is 0 Å². The Bertz CT molecular complexity index is 1070. The number of hydrogen-bond acceptors (Lipinski definition) is 1. The average molecular weight is 382 g/mol. The third-order valence-corrected chi connectivity index (χ3v) is 5.08. The van der Waals surface area contributed by atoms with Crippen molar-refractivity contribution in [3.63, 3.8) is 0 Å². The molecule has 4 aromatic rings. The molecule has 0 saturated carbocycles. The quantitative estimate of drug-likeness (QED) is 0.366. The maximum Gasteiger partial charge on any atom is 0.127 e. The largest absolute Gasteiger partial charge is 0.327 e. The smallest absolute Gasteiger partial charge is 0.127 e. The Morgan fingerprint density at radius 1 is 0.862 bits per heavy atom. The van der Waals surface area contributed by atoms with Gasteiger partial charge in [-0.15, -0.1) is 0 Å². The molecule has 0 aliphatic carbocycles. The molecule has 0 spiro atoms. The molecule has 4 rings (SSSR count). The van der Waals surface area contributed by atoms with Gasteiger partial charge in [0.15, 0.2) is 0 Å². The van der Waals surface area contributed by atoms with Crippen LogP contribution in [0, 0.1) is 5.82 Å². The summed E-state index contributed by atoms with van der Waals surface area (Å²) in [6.45, 7) is 0.774. The molecule has 0 amide bonds. The Balaban J connectivity index is 1.55. The van der Waals surface area contributed by atoms with Crippen molar-refractivity contribution >= 4 is 6.08 Å². The Morgan fingerprint density at radius 2 is 1.55 bits per heavy atom. The lowest BCUT2D eigenvalue weighted by Crippen LogP contribution is -2.03. The lowest BCUT2D eigenvalue weighted by molar-refractivity contribution is 0.597. The molecule has 1 unspecified atom stereocenters. The van der Waals surface area contributed by atoms with Gasteiger partial charge in [0, 0.05) is 12.5 Å². The second kappa shape index (κ2) is 9.16. The van der Waals surface area contributed by atoms with E-state index in [1.54, 1.807) is 6.07 Å². The van der Waals surface area contributed by atoms with Crippen molar-refractivity contribution in [2.24, 2.45) is 0 Å². The lowest BCUT2D eigenvalue weighted by atomic mass is 9.88. The SMILES string of the molecule is Fc1ccccc1C(C/C=C/c1cncn1Cc1ccccc1)c1ccccc1. The van der Waals surface area contributed by atoms with E-state index in [0.717, 1.165) is 23.4 Å². The number of rotatable bonds is 7. The molecule has 3 heteroatoms. The molecular formula is C26H23FN2. The fraction of sp³-hybridized carbons (Fsp3) is 0.115. The molecule has 1 heterocycles. The molecule has 144 valence electrons. The second-order valence-corrected chi connectivity index (χ2v) is 7.05. The van der Waals surface area contributed by atoms with Gasteiger partial charge in [-0.05, 0) is 35.3 Å². The average Bonchev–Trinajstić information content (AvgIpc) is 3.20. The van der Waals surface area contributed by atoms with E-state index in [1.807, 2.05) is 61.1 Å². The maximum atomic E-state index is 14.5. The van der Waals surface area contributed by atoms with Gasteiger partial charge in [0.25, 0.3) is 0 Å². The van der Waals surface area contributed by atoms with Crippen LogP contribution in [0.15, 0.2) is 104 Å². The van der Waals surface area contributed by atoms with Crippen LogP contribution in [0.2, 0.25) is 0 Å². The fourth-order valence-corrected chi connectivity index (χ4v) is 3.59.